The molecule has 1 fully saturated rings. The molecule has 2 unspecified atom stereocenters. The van der Waals surface area contributed by atoms with Crippen LogP contribution in [0.1, 0.15) is 25.5 Å². The zero-order valence-corrected chi connectivity index (χ0v) is 13.3. The Balaban J connectivity index is 2.16. The topological polar surface area (TPSA) is 50.5 Å². The minimum absolute atomic E-state index is 0.00612. The molecule has 112 valence electrons. The second-order valence-electron chi connectivity index (χ2n) is 5.32. The van der Waals surface area contributed by atoms with Gasteiger partial charge in [-0.25, -0.2) is 0 Å². The van der Waals surface area contributed by atoms with Crippen LogP contribution in [0.3, 0.4) is 0 Å². The first-order valence-electron chi connectivity index (χ1n) is 6.79. The fourth-order valence-electron chi connectivity index (χ4n) is 2.49. The van der Waals surface area contributed by atoms with Gasteiger partial charge in [-0.2, -0.15) is 0 Å². The van der Waals surface area contributed by atoms with Gasteiger partial charge in [0.1, 0.15) is 0 Å². The first kappa shape index (κ1) is 16.0. The molecule has 0 spiro atoms. The Labute approximate surface area is 130 Å². The van der Waals surface area contributed by atoms with Gasteiger partial charge >= 0.3 is 0 Å². The van der Waals surface area contributed by atoms with Crippen molar-refractivity contribution in [1.29, 1.82) is 0 Å². The summed E-state index contributed by atoms with van der Waals surface area (Å²) in [6.07, 6.45) is -0.00612. The number of nitrogens with zero attached hydrogens (tertiary/aromatic N) is 1. The lowest BCUT2D eigenvalue weighted by Gasteiger charge is -2.38. The molecule has 0 bridgehead atoms. The third-order valence-corrected chi connectivity index (χ3v) is 4.45. The number of nitrogens with one attached hydrogen (secondary N) is 1. The number of hydrazine groups is 1. The predicted octanol–water partition coefficient (Wildman–Crippen LogP) is 2.61. The van der Waals surface area contributed by atoms with Crippen LogP contribution >= 0.6 is 23.2 Å². The Morgan fingerprint density at radius 1 is 1.35 bits per heavy atom. The van der Waals surface area contributed by atoms with Gasteiger partial charge in [0.25, 0.3) is 0 Å². The SMILES string of the molecule is CC(C)N1CCOC(C(NN)c2ccc(Cl)c(Cl)c2)C1. The van der Waals surface area contributed by atoms with Gasteiger partial charge in [-0.15, -0.1) is 0 Å². The second kappa shape index (κ2) is 7.07. The molecule has 1 aliphatic rings. The van der Waals surface area contributed by atoms with Crippen molar-refractivity contribution in [1.82, 2.24) is 10.3 Å². The zero-order valence-electron chi connectivity index (χ0n) is 11.8. The number of ether oxygens (including phenoxy) is 1. The van der Waals surface area contributed by atoms with Gasteiger partial charge in [0.15, 0.2) is 0 Å². The fourth-order valence-corrected chi connectivity index (χ4v) is 2.80. The highest BCUT2D eigenvalue weighted by Crippen LogP contribution is 2.28. The Morgan fingerprint density at radius 2 is 2.10 bits per heavy atom. The Hall–Kier alpha value is -0.360. The van der Waals surface area contributed by atoms with E-state index in [2.05, 4.69) is 24.2 Å². The maximum atomic E-state index is 6.08. The molecule has 1 heterocycles. The van der Waals surface area contributed by atoms with Crippen molar-refractivity contribution >= 4 is 23.2 Å². The molecular formula is C14H21Cl2N3O. The van der Waals surface area contributed by atoms with Gasteiger partial charge in [0.05, 0.1) is 28.8 Å². The normalized spacial score (nSPS) is 22.2. The summed E-state index contributed by atoms with van der Waals surface area (Å²) < 4.78 is 5.88. The Morgan fingerprint density at radius 3 is 2.70 bits per heavy atom. The van der Waals surface area contributed by atoms with E-state index in [1.807, 2.05) is 12.1 Å². The van der Waals surface area contributed by atoms with E-state index >= 15 is 0 Å². The summed E-state index contributed by atoms with van der Waals surface area (Å²) in [4.78, 5) is 2.38. The average molecular weight is 318 g/mol. The Bertz CT molecular complexity index is 456. The molecule has 0 amide bonds. The summed E-state index contributed by atoms with van der Waals surface area (Å²) in [6.45, 7) is 6.88. The van der Waals surface area contributed by atoms with Gasteiger partial charge in [0, 0.05) is 19.1 Å². The van der Waals surface area contributed by atoms with E-state index in [1.165, 1.54) is 0 Å². The summed E-state index contributed by atoms with van der Waals surface area (Å²) in [5, 5.41) is 1.07. The molecule has 0 aliphatic carbocycles. The van der Waals surface area contributed by atoms with Crippen LogP contribution in [0.2, 0.25) is 10.0 Å². The molecule has 1 aliphatic heterocycles. The number of morpholine rings is 1. The van der Waals surface area contributed by atoms with Crippen molar-refractivity contribution < 1.29 is 4.74 Å². The van der Waals surface area contributed by atoms with E-state index in [9.17, 15) is 0 Å². The van der Waals surface area contributed by atoms with E-state index in [0.29, 0.717) is 22.7 Å². The first-order chi connectivity index (χ1) is 9.52. The largest absolute Gasteiger partial charge is 0.374 e. The van der Waals surface area contributed by atoms with Crippen LogP contribution in [-0.2, 0) is 4.74 Å². The summed E-state index contributed by atoms with van der Waals surface area (Å²) in [7, 11) is 0. The highest BCUT2D eigenvalue weighted by molar-refractivity contribution is 6.42. The number of nitrogens with two attached hydrogens (primary N) is 1. The van der Waals surface area contributed by atoms with Gasteiger partial charge in [0.2, 0.25) is 0 Å². The smallest absolute Gasteiger partial charge is 0.0909 e. The van der Waals surface area contributed by atoms with Gasteiger partial charge in [-0.05, 0) is 31.5 Å². The van der Waals surface area contributed by atoms with Gasteiger partial charge in [-0.3, -0.25) is 16.2 Å². The lowest BCUT2D eigenvalue weighted by molar-refractivity contribution is -0.0561. The van der Waals surface area contributed by atoms with Crippen LogP contribution in [0.4, 0.5) is 0 Å². The molecule has 20 heavy (non-hydrogen) atoms. The maximum Gasteiger partial charge on any atom is 0.0909 e. The summed E-state index contributed by atoms with van der Waals surface area (Å²) in [5.41, 5.74) is 3.82. The lowest BCUT2D eigenvalue weighted by atomic mass is 10.00. The number of hydrogen-bond donors (Lipinski definition) is 2. The molecule has 6 heteroatoms. The van der Waals surface area contributed by atoms with Crippen LogP contribution in [0.15, 0.2) is 18.2 Å². The van der Waals surface area contributed by atoms with Crippen LogP contribution in [0, 0.1) is 0 Å². The molecule has 2 atom stereocenters. The van der Waals surface area contributed by atoms with Crippen molar-refractivity contribution in [2.75, 3.05) is 19.7 Å². The van der Waals surface area contributed by atoms with E-state index in [4.69, 9.17) is 33.8 Å². The number of halogens is 2. The molecule has 1 aromatic carbocycles. The quantitative estimate of drug-likeness (QED) is 0.662. The van der Waals surface area contributed by atoms with Crippen molar-refractivity contribution in [3.8, 4) is 0 Å². The minimum Gasteiger partial charge on any atom is -0.374 e. The standard InChI is InChI=1S/C14H21Cl2N3O/c1-9(2)19-5-6-20-13(8-19)14(18-17)10-3-4-11(15)12(16)7-10/h3-4,7,9,13-14,18H,5-6,8,17H2,1-2H3. The van der Waals surface area contributed by atoms with Crippen molar-refractivity contribution in [3.05, 3.63) is 33.8 Å². The molecule has 0 radical (unpaired) electrons. The van der Waals surface area contributed by atoms with Crippen molar-refractivity contribution in [3.63, 3.8) is 0 Å². The predicted molar refractivity (Wildman–Crippen MR) is 83.0 cm³/mol. The van der Waals surface area contributed by atoms with E-state index in [0.717, 1.165) is 18.7 Å². The summed E-state index contributed by atoms with van der Waals surface area (Å²) in [5.74, 6) is 5.72. The molecule has 2 rings (SSSR count). The molecule has 0 saturated carbocycles. The highest BCUT2D eigenvalue weighted by Gasteiger charge is 2.29. The van der Waals surface area contributed by atoms with Crippen LogP contribution in [-0.4, -0.2) is 36.7 Å². The second-order valence-corrected chi connectivity index (χ2v) is 6.13. The monoisotopic (exact) mass is 317 g/mol. The molecule has 1 saturated heterocycles. The molecule has 0 aromatic heterocycles. The van der Waals surface area contributed by atoms with E-state index < -0.39 is 0 Å². The molecule has 1 aromatic rings. The minimum atomic E-state index is -0.105. The molecular weight excluding hydrogens is 297 g/mol. The summed E-state index contributed by atoms with van der Waals surface area (Å²) in [6, 6.07) is 5.94. The van der Waals surface area contributed by atoms with E-state index in [1.54, 1.807) is 6.07 Å². The maximum absolute atomic E-state index is 6.08. The molecule has 4 nitrogen and oxygen atoms in total. The fraction of sp³-hybridized carbons (Fsp3) is 0.571. The number of hydrogen-bond acceptors (Lipinski definition) is 4. The van der Waals surface area contributed by atoms with Crippen molar-refractivity contribution in [2.45, 2.75) is 32.0 Å². The third-order valence-electron chi connectivity index (χ3n) is 3.71. The number of benzene rings is 1. The molecule has 3 N–H and O–H groups in total. The first-order valence-corrected chi connectivity index (χ1v) is 7.55. The Kier molecular flexibility index (Phi) is 5.66. The lowest BCUT2D eigenvalue weighted by Crippen LogP contribution is -2.51. The van der Waals surface area contributed by atoms with E-state index in [-0.39, 0.29) is 12.1 Å². The average Bonchev–Trinajstić information content (AvgIpc) is 2.44. The summed E-state index contributed by atoms with van der Waals surface area (Å²) >= 11 is 12.0. The van der Waals surface area contributed by atoms with Crippen LogP contribution in [0.25, 0.3) is 0 Å². The number of rotatable bonds is 4. The van der Waals surface area contributed by atoms with Crippen LogP contribution < -0.4 is 11.3 Å². The third kappa shape index (κ3) is 3.64. The highest BCUT2D eigenvalue weighted by atomic mass is 35.5. The van der Waals surface area contributed by atoms with Crippen molar-refractivity contribution in [2.24, 2.45) is 5.84 Å². The zero-order chi connectivity index (χ0) is 14.7. The van der Waals surface area contributed by atoms with Gasteiger partial charge in [-0.1, -0.05) is 29.3 Å². The van der Waals surface area contributed by atoms with Crippen LogP contribution in [0.5, 0.6) is 0 Å². The van der Waals surface area contributed by atoms with Gasteiger partial charge < -0.3 is 4.74 Å².